The second-order valence-electron chi connectivity index (χ2n) is 5.03. The Morgan fingerprint density at radius 1 is 1.47 bits per heavy atom. The molecule has 0 radical (unpaired) electrons. The number of halogens is 1. The average molecular weight is 282 g/mol. The molecule has 1 aromatic carbocycles. The van der Waals surface area contributed by atoms with Gasteiger partial charge >= 0.3 is 5.97 Å². The molecule has 1 aliphatic rings. The van der Waals surface area contributed by atoms with E-state index < -0.39 is 11.9 Å². The number of carbonyl (C=O) groups is 2. The van der Waals surface area contributed by atoms with Gasteiger partial charge < -0.3 is 10.4 Å². The van der Waals surface area contributed by atoms with E-state index in [9.17, 15) is 9.59 Å². The minimum Gasteiger partial charge on any atom is -0.481 e. The van der Waals surface area contributed by atoms with Crippen LogP contribution in [0.3, 0.4) is 0 Å². The van der Waals surface area contributed by atoms with Crippen LogP contribution in [0.15, 0.2) is 24.3 Å². The van der Waals surface area contributed by atoms with Crippen LogP contribution in [0.25, 0.3) is 0 Å². The van der Waals surface area contributed by atoms with E-state index in [1.165, 1.54) is 0 Å². The fraction of sp³-hybridized carbons (Fsp3) is 0.429. The van der Waals surface area contributed by atoms with Crippen molar-refractivity contribution in [1.82, 2.24) is 5.32 Å². The SMILES string of the molecule is CC(Cc1cccc(Cl)c1)NC(=O)C1CC1C(=O)O. The number of nitrogens with one attached hydrogen (secondary N) is 1. The molecule has 0 spiro atoms. The van der Waals surface area contributed by atoms with E-state index in [0.29, 0.717) is 17.9 Å². The van der Waals surface area contributed by atoms with E-state index in [1.807, 2.05) is 25.1 Å². The lowest BCUT2D eigenvalue weighted by atomic mass is 10.1. The number of hydrogen-bond donors (Lipinski definition) is 2. The molecule has 0 aliphatic heterocycles. The van der Waals surface area contributed by atoms with Crippen molar-refractivity contribution >= 4 is 23.5 Å². The minimum absolute atomic E-state index is 0.0407. The highest BCUT2D eigenvalue weighted by molar-refractivity contribution is 6.30. The molecule has 1 aromatic rings. The Balaban J connectivity index is 1.83. The summed E-state index contributed by atoms with van der Waals surface area (Å²) < 4.78 is 0. The third-order valence-electron chi connectivity index (χ3n) is 3.26. The maximum absolute atomic E-state index is 11.8. The Kier molecular flexibility index (Phi) is 4.10. The van der Waals surface area contributed by atoms with Crippen molar-refractivity contribution in [3.8, 4) is 0 Å². The van der Waals surface area contributed by atoms with Gasteiger partial charge in [0.15, 0.2) is 0 Å². The van der Waals surface area contributed by atoms with Crippen molar-refractivity contribution in [2.75, 3.05) is 0 Å². The Bertz CT molecular complexity index is 503. The molecule has 3 atom stereocenters. The molecule has 1 aliphatic carbocycles. The predicted molar refractivity (Wildman–Crippen MR) is 72.0 cm³/mol. The number of carboxylic acid groups (broad SMARTS) is 1. The maximum Gasteiger partial charge on any atom is 0.307 e. The first-order chi connectivity index (χ1) is 8.97. The maximum atomic E-state index is 11.8. The van der Waals surface area contributed by atoms with Crippen LogP contribution >= 0.6 is 11.6 Å². The Hall–Kier alpha value is -1.55. The molecule has 5 heteroatoms. The lowest BCUT2D eigenvalue weighted by Gasteiger charge is -2.14. The summed E-state index contributed by atoms with van der Waals surface area (Å²) in [5, 5.41) is 12.3. The van der Waals surface area contributed by atoms with Gasteiger partial charge in [-0.15, -0.1) is 0 Å². The molecule has 0 aromatic heterocycles. The highest BCUT2D eigenvalue weighted by atomic mass is 35.5. The van der Waals surface area contributed by atoms with Gasteiger partial charge in [0.2, 0.25) is 5.91 Å². The van der Waals surface area contributed by atoms with Gasteiger partial charge in [-0.3, -0.25) is 9.59 Å². The number of aliphatic carboxylic acids is 1. The lowest BCUT2D eigenvalue weighted by Crippen LogP contribution is -2.35. The van der Waals surface area contributed by atoms with E-state index in [4.69, 9.17) is 16.7 Å². The summed E-state index contributed by atoms with van der Waals surface area (Å²) in [4.78, 5) is 22.5. The van der Waals surface area contributed by atoms with Crippen molar-refractivity contribution in [2.24, 2.45) is 11.8 Å². The molecule has 1 saturated carbocycles. The van der Waals surface area contributed by atoms with Crippen molar-refractivity contribution in [3.63, 3.8) is 0 Å². The molecule has 4 nitrogen and oxygen atoms in total. The number of amides is 1. The quantitative estimate of drug-likeness (QED) is 0.869. The van der Waals surface area contributed by atoms with Crippen LogP contribution in [-0.2, 0) is 16.0 Å². The standard InChI is InChI=1S/C14H16ClNO3/c1-8(5-9-3-2-4-10(15)6-9)16-13(17)11-7-12(11)14(18)19/h2-4,6,8,11-12H,5,7H2,1H3,(H,16,17)(H,18,19). The highest BCUT2D eigenvalue weighted by Gasteiger charge is 2.48. The zero-order valence-corrected chi connectivity index (χ0v) is 11.4. The number of rotatable bonds is 5. The Morgan fingerprint density at radius 2 is 2.21 bits per heavy atom. The van der Waals surface area contributed by atoms with Gasteiger partial charge in [-0.1, -0.05) is 23.7 Å². The summed E-state index contributed by atoms with van der Waals surface area (Å²) >= 11 is 5.90. The smallest absolute Gasteiger partial charge is 0.307 e. The van der Waals surface area contributed by atoms with E-state index in [0.717, 1.165) is 5.56 Å². The number of hydrogen-bond acceptors (Lipinski definition) is 2. The first-order valence-electron chi connectivity index (χ1n) is 6.25. The summed E-state index contributed by atoms with van der Waals surface area (Å²) in [6, 6.07) is 7.44. The van der Waals surface area contributed by atoms with Gasteiger partial charge in [-0.25, -0.2) is 0 Å². The fourth-order valence-electron chi connectivity index (χ4n) is 2.18. The minimum atomic E-state index is -0.886. The number of carbonyl (C=O) groups excluding carboxylic acids is 1. The molecule has 0 saturated heterocycles. The summed E-state index contributed by atoms with van der Waals surface area (Å²) in [5.74, 6) is -1.91. The Morgan fingerprint density at radius 3 is 2.79 bits per heavy atom. The van der Waals surface area contributed by atoms with Crippen LogP contribution in [0.1, 0.15) is 18.9 Å². The molecule has 102 valence electrons. The lowest BCUT2D eigenvalue weighted by molar-refractivity contribution is -0.140. The summed E-state index contributed by atoms with van der Waals surface area (Å²) in [7, 11) is 0. The predicted octanol–water partition coefficient (Wildman–Crippen LogP) is 2.11. The van der Waals surface area contributed by atoms with Gasteiger partial charge in [-0.2, -0.15) is 0 Å². The number of benzene rings is 1. The van der Waals surface area contributed by atoms with Crippen LogP contribution in [0.4, 0.5) is 0 Å². The number of carboxylic acids is 1. The largest absolute Gasteiger partial charge is 0.481 e. The Labute approximate surface area is 116 Å². The molecule has 19 heavy (non-hydrogen) atoms. The molecular weight excluding hydrogens is 266 g/mol. The van der Waals surface area contributed by atoms with Crippen molar-refractivity contribution in [1.29, 1.82) is 0 Å². The normalized spacial score (nSPS) is 22.6. The van der Waals surface area contributed by atoms with Crippen molar-refractivity contribution < 1.29 is 14.7 Å². The summed E-state index contributed by atoms with van der Waals surface area (Å²) in [6.45, 7) is 1.90. The third kappa shape index (κ3) is 3.70. The van der Waals surface area contributed by atoms with Crippen LogP contribution < -0.4 is 5.32 Å². The van der Waals surface area contributed by atoms with Gasteiger partial charge in [0.1, 0.15) is 0 Å². The average Bonchev–Trinajstić information content (AvgIpc) is 3.08. The van der Waals surface area contributed by atoms with E-state index in [1.54, 1.807) is 6.07 Å². The molecule has 3 unspecified atom stereocenters. The van der Waals surface area contributed by atoms with E-state index in [2.05, 4.69) is 5.32 Å². The zero-order chi connectivity index (χ0) is 14.0. The van der Waals surface area contributed by atoms with Gasteiger partial charge in [0.05, 0.1) is 11.8 Å². The summed E-state index contributed by atoms with van der Waals surface area (Å²) in [6.07, 6.45) is 1.13. The van der Waals surface area contributed by atoms with E-state index >= 15 is 0 Å². The van der Waals surface area contributed by atoms with Crippen LogP contribution in [0.2, 0.25) is 5.02 Å². The zero-order valence-electron chi connectivity index (χ0n) is 10.6. The van der Waals surface area contributed by atoms with E-state index in [-0.39, 0.29) is 17.9 Å². The second-order valence-corrected chi connectivity index (χ2v) is 5.47. The fourth-order valence-corrected chi connectivity index (χ4v) is 2.39. The first kappa shape index (κ1) is 13.9. The molecule has 2 N–H and O–H groups in total. The monoisotopic (exact) mass is 281 g/mol. The van der Waals surface area contributed by atoms with Crippen molar-refractivity contribution in [2.45, 2.75) is 25.8 Å². The molecule has 2 rings (SSSR count). The van der Waals surface area contributed by atoms with Gasteiger partial charge in [-0.05, 0) is 37.5 Å². The molecular formula is C14H16ClNO3. The molecule has 0 bridgehead atoms. The van der Waals surface area contributed by atoms with Gasteiger partial charge in [0.25, 0.3) is 0 Å². The molecule has 0 heterocycles. The second kappa shape index (κ2) is 5.61. The van der Waals surface area contributed by atoms with Crippen molar-refractivity contribution in [3.05, 3.63) is 34.9 Å². The van der Waals surface area contributed by atoms with Crippen LogP contribution in [-0.4, -0.2) is 23.0 Å². The van der Waals surface area contributed by atoms with Crippen LogP contribution in [0.5, 0.6) is 0 Å². The van der Waals surface area contributed by atoms with Gasteiger partial charge in [0, 0.05) is 11.1 Å². The topological polar surface area (TPSA) is 66.4 Å². The molecule has 1 amide bonds. The highest BCUT2D eigenvalue weighted by Crippen LogP contribution is 2.38. The summed E-state index contributed by atoms with van der Waals surface area (Å²) in [5.41, 5.74) is 1.05. The van der Waals surface area contributed by atoms with Crippen LogP contribution in [0, 0.1) is 11.8 Å². The first-order valence-corrected chi connectivity index (χ1v) is 6.63. The molecule has 1 fully saturated rings. The third-order valence-corrected chi connectivity index (χ3v) is 3.50.